The van der Waals surface area contributed by atoms with E-state index in [0.29, 0.717) is 4.88 Å². The summed E-state index contributed by atoms with van der Waals surface area (Å²) in [6.45, 7) is 1.74. The van der Waals surface area contributed by atoms with Gasteiger partial charge in [-0.3, -0.25) is 4.79 Å². The van der Waals surface area contributed by atoms with Crippen molar-refractivity contribution in [1.29, 1.82) is 0 Å². The minimum absolute atomic E-state index is 0.283. The minimum Gasteiger partial charge on any atom is -0.467 e. The number of hydrogen-bond donors (Lipinski definition) is 1. The zero-order chi connectivity index (χ0) is 16.3. The van der Waals surface area contributed by atoms with Crippen molar-refractivity contribution in [3.05, 3.63) is 57.3 Å². The summed E-state index contributed by atoms with van der Waals surface area (Å²) in [6, 6.07) is 3.00. The van der Waals surface area contributed by atoms with Gasteiger partial charge >= 0.3 is 5.97 Å². The normalized spacial score (nSPS) is 11.8. The molecule has 1 amide bonds. The molecule has 0 saturated carbocycles. The maximum atomic E-state index is 13.9. The number of thiophene rings is 1. The summed E-state index contributed by atoms with van der Waals surface area (Å²) in [4.78, 5) is 24.4. The molecule has 0 spiro atoms. The zero-order valence-electron chi connectivity index (χ0n) is 11.9. The van der Waals surface area contributed by atoms with Gasteiger partial charge in [-0.05, 0) is 42.1 Å². The summed E-state index contributed by atoms with van der Waals surface area (Å²) >= 11 is 1.19. The molecule has 1 atom stereocenters. The molecule has 2 aromatic rings. The quantitative estimate of drug-likeness (QED) is 0.879. The lowest BCUT2D eigenvalue weighted by Crippen LogP contribution is -2.35. The molecule has 22 heavy (non-hydrogen) atoms. The van der Waals surface area contributed by atoms with Gasteiger partial charge < -0.3 is 10.1 Å². The van der Waals surface area contributed by atoms with Crippen LogP contribution in [0.2, 0.25) is 0 Å². The molecule has 7 heteroatoms. The monoisotopic (exact) mass is 325 g/mol. The fraction of sp³-hybridized carbons (Fsp3) is 0.200. The molecule has 116 valence electrons. The second kappa shape index (κ2) is 6.65. The summed E-state index contributed by atoms with van der Waals surface area (Å²) < 4.78 is 31.8. The van der Waals surface area contributed by atoms with Crippen LogP contribution in [0.25, 0.3) is 0 Å². The largest absolute Gasteiger partial charge is 0.467 e. The number of ether oxygens (including phenoxy) is 1. The van der Waals surface area contributed by atoms with Gasteiger partial charge in [-0.15, -0.1) is 11.3 Å². The number of carbonyl (C=O) groups excluding carboxylic acids is 2. The molecule has 0 radical (unpaired) electrons. The van der Waals surface area contributed by atoms with Gasteiger partial charge in [0.2, 0.25) is 0 Å². The molecule has 4 nitrogen and oxygen atoms in total. The van der Waals surface area contributed by atoms with Gasteiger partial charge in [0.15, 0.2) is 6.04 Å². The predicted molar refractivity (Wildman–Crippen MR) is 77.6 cm³/mol. The summed E-state index contributed by atoms with van der Waals surface area (Å²) in [5, 5.41) is 4.11. The highest BCUT2D eigenvalue weighted by molar-refractivity contribution is 7.12. The molecule has 0 aliphatic heterocycles. The first kappa shape index (κ1) is 16.1. The molecule has 1 aromatic heterocycles. The highest BCUT2D eigenvalue weighted by atomic mass is 32.1. The zero-order valence-corrected chi connectivity index (χ0v) is 12.7. The Morgan fingerprint density at radius 2 is 2.00 bits per heavy atom. The molecule has 0 aliphatic rings. The number of amides is 1. The maximum Gasteiger partial charge on any atom is 0.333 e. The Hall–Kier alpha value is -2.28. The van der Waals surface area contributed by atoms with E-state index >= 15 is 0 Å². The van der Waals surface area contributed by atoms with Gasteiger partial charge in [-0.1, -0.05) is 0 Å². The van der Waals surface area contributed by atoms with Crippen LogP contribution in [0.3, 0.4) is 0 Å². The second-order valence-electron chi connectivity index (χ2n) is 4.53. The van der Waals surface area contributed by atoms with Crippen molar-refractivity contribution in [2.45, 2.75) is 13.0 Å². The number of carbonyl (C=O) groups is 2. The number of benzene rings is 1. The van der Waals surface area contributed by atoms with Crippen LogP contribution in [0, 0.1) is 18.6 Å². The van der Waals surface area contributed by atoms with E-state index in [1.54, 1.807) is 18.4 Å². The highest BCUT2D eigenvalue weighted by Crippen LogP contribution is 2.22. The van der Waals surface area contributed by atoms with Crippen LogP contribution >= 0.6 is 11.3 Å². The molecular formula is C15H13F2NO3S. The molecule has 1 aromatic carbocycles. The van der Waals surface area contributed by atoms with Crippen molar-refractivity contribution in [3.8, 4) is 0 Å². The van der Waals surface area contributed by atoms with E-state index in [2.05, 4.69) is 10.1 Å². The average Bonchev–Trinajstić information content (AvgIpc) is 2.92. The van der Waals surface area contributed by atoms with Crippen LogP contribution in [-0.2, 0) is 9.53 Å². The Bertz CT molecular complexity index is 715. The van der Waals surface area contributed by atoms with Gasteiger partial charge in [0.05, 0.1) is 12.0 Å². The van der Waals surface area contributed by atoms with E-state index in [1.165, 1.54) is 11.3 Å². The Labute approximate surface area is 129 Å². The molecule has 1 heterocycles. The first-order chi connectivity index (χ1) is 10.4. The van der Waals surface area contributed by atoms with E-state index < -0.39 is 29.6 Å². The Kier molecular flexibility index (Phi) is 4.87. The first-order valence-corrected chi connectivity index (χ1v) is 7.19. The summed E-state index contributed by atoms with van der Waals surface area (Å²) in [5.41, 5.74) is 0.445. The Morgan fingerprint density at radius 3 is 2.59 bits per heavy atom. The van der Waals surface area contributed by atoms with Crippen LogP contribution in [-0.4, -0.2) is 19.0 Å². The summed E-state index contributed by atoms with van der Waals surface area (Å²) in [6.07, 6.45) is 0. The van der Waals surface area contributed by atoms with Crippen molar-refractivity contribution in [3.63, 3.8) is 0 Å². The van der Waals surface area contributed by atoms with Crippen LogP contribution < -0.4 is 5.32 Å². The van der Waals surface area contributed by atoms with Crippen molar-refractivity contribution >= 4 is 23.2 Å². The van der Waals surface area contributed by atoms with E-state index in [-0.39, 0.29) is 5.56 Å². The molecule has 0 unspecified atom stereocenters. The molecule has 0 saturated heterocycles. The van der Waals surface area contributed by atoms with Crippen molar-refractivity contribution in [2.75, 3.05) is 7.11 Å². The second-order valence-corrected chi connectivity index (χ2v) is 5.44. The lowest BCUT2D eigenvalue weighted by atomic mass is 10.1. The maximum absolute atomic E-state index is 13.9. The fourth-order valence-electron chi connectivity index (χ4n) is 1.92. The predicted octanol–water partition coefficient (Wildman–Crippen LogP) is 2.98. The van der Waals surface area contributed by atoms with E-state index in [9.17, 15) is 18.4 Å². The lowest BCUT2D eigenvalue weighted by Gasteiger charge is -2.17. The van der Waals surface area contributed by atoms with Gasteiger partial charge in [0.1, 0.15) is 11.6 Å². The number of rotatable bonds is 4. The molecule has 1 N–H and O–H groups in total. The van der Waals surface area contributed by atoms with Crippen molar-refractivity contribution in [1.82, 2.24) is 5.32 Å². The number of esters is 1. The SMILES string of the molecule is COC(=O)[C@@H](NC(=O)c1sccc1C)c1cc(F)ccc1F. The number of methoxy groups -OCH3 is 1. The van der Waals surface area contributed by atoms with E-state index in [0.717, 1.165) is 30.9 Å². The molecule has 0 bridgehead atoms. The van der Waals surface area contributed by atoms with Gasteiger partial charge in [-0.25, -0.2) is 13.6 Å². The molecule has 2 rings (SSSR count). The minimum atomic E-state index is -1.42. The van der Waals surface area contributed by atoms with Gasteiger partial charge in [0.25, 0.3) is 5.91 Å². The number of halogens is 2. The van der Waals surface area contributed by atoms with Crippen LogP contribution in [0.15, 0.2) is 29.6 Å². The van der Waals surface area contributed by atoms with Gasteiger partial charge in [0, 0.05) is 5.56 Å². The standard InChI is InChI=1S/C15H13F2NO3S/c1-8-5-6-22-13(8)14(19)18-12(15(20)21-2)10-7-9(16)3-4-11(10)17/h3-7,12H,1-2H3,(H,18,19)/t12-/m0/s1. The fourth-order valence-corrected chi connectivity index (χ4v) is 2.75. The number of aryl methyl sites for hydroxylation is 1. The number of nitrogens with one attached hydrogen (secondary N) is 1. The summed E-state index contributed by atoms with van der Waals surface area (Å²) in [5.74, 6) is -2.95. The Morgan fingerprint density at radius 1 is 1.27 bits per heavy atom. The third kappa shape index (κ3) is 3.30. The topological polar surface area (TPSA) is 55.4 Å². The lowest BCUT2D eigenvalue weighted by molar-refractivity contribution is -0.143. The van der Waals surface area contributed by atoms with Crippen molar-refractivity contribution in [2.24, 2.45) is 0 Å². The summed E-state index contributed by atoms with van der Waals surface area (Å²) in [7, 11) is 1.11. The molecule has 0 fully saturated rings. The van der Waals surface area contributed by atoms with Crippen LogP contribution in [0.4, 0.5) is 8.78 Å². The average molecular weight is 325 g/mol. The molecular weight excluding hydrogens is 312 g/mol. The van der Waals surface area contributed by atoms with Gasteiger partial charge in [-0.2, -0.15) is 0 Å². The van der Waals surface area contributed by atoms with E-state index in [4.69, 9.17) is 0 Å². The van der Waals surface area contributed by atoms with E-state index in [1.807, 2.05) is 0 Å². The van der Waals surface area contributed by atoms with Crippen LogP contribution in [0.5, 0.6) is 0 Å². The smallest absolute Gasteiger partial charge is 0.333 e. The first-order valence-electron chi connectivity index (χ1n) is 6.31. The Balaban J connectivity index is 2.35. The van der Waals surface area contributed by atoms with Crippen LogP contribution in [0.1, 0.15) is 26.8 Å². The van der Waals surface area contributed by atoms with Crippen molar-refractivity contribution < 1.29 is 23.1 Å². The number of hydrogen-bond acceptors (Lipinski definition) is 4. The third-order valence-corrected chi connectivity index (χ3v) is 4.06. The third-order valence-electron chi connectivity index (χ3n) is 3.05. The highest BCUT2D eigenvalue weighted by Gasteiger charge is 2.28. The molecule has 0 aliphatic carbocycles.